The standard InChI is InChI=1S/C21H29BrN2O3/c1-16(2)23-9-7-18(8-10-23)27-20-5-3-17(15-19(20)22)4-6-21(25)24-11-13-26-14-12-24/h3-6,15-16,18H,7-14H2,1-2H3/b6-4+. The maximum atomic E-state index is 12.2. The molecule has 3 rings (SSSR count). The van der Waals surface area contributed by atoms with Crippen LogP contribution >= 0.6 is 15.9 Å². The third kappa shape index (κ3) is 5.80. The second kappa shape index (κ2) is 9.71. The SMILES string of the molecule is CC(C)N1CCC(Oc2ccc(/C=C/C(=O)N3CCOCC3)cc2Br)CC1. The van der Waals surface area contributed by atoms with Crippen LogP contribution in [0.5, 0.6) is 5.75 Å². The maximum Gasteiger partial charge on any atom is 0.246 e. The Labute approximate surface area is 170 Å². The van der Waals surface area contributed by atoms with Crippen molar-refractivity contribution in [1.82, 2.24) is 9.80 Å². The molecule has 0 atom stereocenters. The summed E-state index contributed by atoms with van der Waals surface area (Å²) in [6.07, 6.45) is 5.87. The van der Waals surface area contributed by atoms with Crippen molar-refractivity contribution in [3.05, 3.63) is 34.3 Å². The molecule has 2 fully saturated rings. The topological polar surface area (TPSA) is 42.0 Å². The second-order valence-corrected chi connectivity index (χ2v) is 8.26. The van der Waals surface area contributed by atoms with Crippen LogP contribution in [0.15, 0.2) is 28.7 Å². The molecule has 1 amide bonds. The van der Waals surface area contributed by atoms with Crippen molar-refractivity contribution in [1.29, 1.82) is 0 Å². The Morgan fingerprint density at radius 2 is 1.93 bits per heavy atom. The van der Waals surface area contributed by atoms with E-state index in [1.54, 1.807) is 6.08 Å². The minimum Gasteiger partial charge on any atom is -0.489 e. The van der Waals surface area contributed by atoms with E-state index in [2.05, 4.69) is 34.7 Å². The molecule has 0 aliphatic carbocycles. The van der Waals surface area contributed by atoms with Crippen molar-refractivity contribution in [3.8, 4) is 5.75 Å². The average molecular weight is 437 g/mol. The number of nitrogens with zero attached hydrogens (tertiary/aromatic N) is 2. The zero-order chi connectivity index (χ0) is 19.2. The predicted octanol–water partition coefficient (Wildman–Crippen LogP) is 3.57. The van der Waals surface area contributed by atoms with Crippen molar-refractivity contribution in [2.45, 2.75) is 38.8 Å². The van der Waals surface area contributed by atoms with Gasteiger partial charge in [-0.05, 0) is 66.4 Å². The summed E-state index contributed by atoms with van der Waals surface area (Å²) in [5.74, 6) is 0.904. The molecule has 148 valence electrons. The predicted molar refractivity (Wildman–Crippen MR) is 111 cm³/mol. The van der Waals surface area contributed by atoms with Crippen molar-refractivity contribution < 1.29 is 14.3 Å². The van der Waals surface area contributed by atoms with Crippen LogP contribution in [-0.4, -0.2) is 67.2 Å². The fourth-order valence-electron chi connectivity index (χ4n) is 3.46. The van der Waals surface area contributed by atoms with Gasteiger partial charge in [0, 0.05) is 38.3 Å². The Morgan fingerprint density at radius 3 is 2.56 bits per heavy atom. The van der Waals surface area contributed by atoms with Crippen LogP contribution in [-0.2, 0) is 9.53 Å². The first-order chi connectivity index (χ1) is 13.0. The van der Waals surface area contributed by atoms with Crippen LogP contribution in [0.2, 0.25) is 0 Å². The van der Waals surface area contributed by atoms with E-state index < -0.39 is 0 Å². The molecule has 0 spiro atoms. The molecule has 0 radical (unpaired) electrons. The number of morpholine rings is 1. The molecule has 2 aliphatic rings. The summed E-state index contributed by atoms with van der Waals surface area (Å²) in [5.41, 5.74) is 0.977. The Balaban J connectivity index is 1.54. The molecule has 6 heteroatoms. The van der Waals surface area contributed by atoms with Crippen LogP contribution < -0.4 is 4.74 Å². The van der Waals surface area contributed by atoms with Gasteiger partial charge in [0.15, 0.2) is 0 Å². The molecule has 5 nitrogen and oxygen atoms in total. The van der Waals surface area contributed by atoms with E-state index in [-0.39, 0.29) is 12.0 Å². The minimum absolute atomic E-state index is 0.0339. The van der Waals surface area contributed by atoms with Gasteiger partial charge in [0.1, 0.15) is 11.9 Å². The number of benzene rings is 1. The van der Waals surface area contributed by atoms with Gasteiger partial charge >= 0.3 is 0 Å². The van der Waals surface area contributed by atoms with Crippen LogP contribution in [0.25, 0.3) is 6.08 Å². The van der Waals surface area contributed by atoms with Gasteiger partial charge in [0.05, 0.1) is 17.7 Å². The van der Waals surface area contributed by atoms with E-state index in [0.717, 1.165) is 41.7 Å². The number of halogens is 1. The van der Waals surface area contributed by atoms with Gasteiger partial charge in [0.2, 0.25) is 5.91 Å². The zero-order valence-corrected chi connectivity index (χ0v) is 17.8. The van der Waals surface area contributed by atoms with Crippen LogP contribution in [0, 0.1) is 0 Å². The van der Waals surface area contributed by atoms with Crippen LogP contribution in [0.1, 0.15) is 32.3 Å². The summed E-state index contributed by atoms with van der Waals surface area (Å²) in [6.45, 7) is 9.22. The third-order valence-corrected chi connectivity index (χ3v) is 5.82. The number of carbonyl (C=O) groups is 1. The molecule has 2 aliphatic heterocycles. The molecule has 27 heavy (non-hydrogen) atoms. The largest absolute Gasteiger partial charge is 0.489 e. The summed E-state index contributed by atoms with van der Waals surface area (Å²) in [5, 5.41) is 0. The van der Waals surface area contributed by atoms with Crippen molar-refractivity contribution >= 4 is 27.9 Å². The lowest BCUT2D eigenvalue weighted by molar-refractivity contribution is -0.129. The highest BCUT2D eigenvalue weighted by molar-refractivity contribution is 9.10. The van der Waals surface area contributed by atoms with E-state index in [4.69, 9.17) is 9.47 Å². The molecule has 0 saturated carbocycles. The lowest BCUT2D eigenvalue weighted by Crippen LogP contribution is -2.41. The van der Waals surface area contributed by atoms with Gasteiger partial charge in [-0.25, -0.2) is 0 Å². The summed E-state index contributed by atoms with van der Waals surface area (Å²) in [4.78, 5) is 16.5. The molecule has 2 heterocycles. The van der Waals surface area contributed by atoms with E-state index in [1.165, 1.54) is 0 Å². The first-order valence-corrected chi connectivity index (χ1v) is 10.6. The molecular weight excluding hydrogens is 408 g/mol. The summed E-state index contributed by atoms with van der Waals surface area (Å²) < 4.78 is 12.4. The molecule has 1 aromatic carbocycles. The highest BCUT2D eigenvalue weighted by atomic mass is 79.9. The average Bonchev–Trinajstić information content (AvgIpc) is 2.69. The summed E-state index contributed by atoms with van der Waals surface area (Å²) in [7, 11) is 0. The normalized spacial score (nSPS) is 19.8. The van der Waals surface area contributed by atoms with Gasteiger partial charge in [-0.3, -0.25) is 4.79 Å². The van der Waals surface area contributed by atoms with E-state index in [1.807, 2.05) is 29.2 Å². The molecule has 1 aromatic rings. The lowest BCUT2D eigenvalue weighted by atomic mass is 10.1. The number of carbonyl (C=O) groups excluding carboxylic acids is 1. The molecule has 0 bridgehead atoms. The second-order valence-electron chi connectivity index (χ2n) is 7.41. The van der Waals surface area contributed by atoms with Gasteiger partial charge in [-0.1, -0.05) is 6.07 Å². The minimum atomic E-state index is 0.0339. The molecular formula is C21H29BrN2O3. The van der Waals surface area contributed by atoms with Gasteiger partial charge in [-0.2, -0.15) is 0 Å². The van der Waals surface area contributed by atoms with Crippen molar-refractivity contribution in [3.63, 3.8) is 0 Å². The van der Waals surface area contributed by atoms with E-state index in [9.17, 15) is 4.79 Å². The number of ether oxygens (including phenoxy) is 2. The van der Waals surface area contributed by atoms with Gasteiger partial charge in [0.25, 0.3) is 0 Å². The van der Waals surface area contributed by atoms with E-state index in [0.29, 0.717) is 32.3 Å². The number of hydrogen-bond donors (Lipinski definition) is 0. The number of rotatable bonds is 5. The fraction of sp³-hybridized carbons (Fsp3) is 0.571. The number of likely N-dealkylation sites (tertiary alicyclic amines) is 1. The Hall–Kier alpha value is -1.37. The van der Waals surface area contributed by atoms with Crippen LogP contribution in [0.3, 0.4) is 0 Å². The van der Waals surface area contributed by atoms with Gasteiger partial charge < -0.3 is 19.3 Å². The number of piperidine rings is 1. The fourth-order valence-corrected chi connectivity index (χ4v) is 3.95. The summed E-state index contributed by atoms with van der Waals surface area (Å²) >= 11 is 3.61. The number of hydrogen-bond acceptors (Lipinski definition) is 4. The first kappa shape index (κ1) is 20.4. The smallest absolute Gasteiger partial charge is 0.246 e. The highest BCUT2D eigenvalue weighted by Crippen LogP contribution is 2.29. The molecule has 2 saturated heterocycles. The summed E-state index contributed by atoms with van der Waals surface area (Å²) in [6, 6.07) is 6.58. The Morgan fingerprint density at radius 1 is 1.22 bits per heavy atom. The van der Waals surface area contributed by atoms with Crippen molar-refractivity contribution in [2.75, 3.05) is 39.4 Å². The molecule has 0 unspecified atom stereocenters. The van der Waals surface area contributed by atoms with Crippen molar-refractivity contribution in [2.24, 2.45) is 0 Å². The van der Waals surface area contributed by atoms with Gasteiger partial charge in [-0.15, -0.1) is 0 Å². The molecule has 0 aromatic heterocycles. The van der Waals surface area contributed by atoms with Crippen LogP contribution in [0.4, 0.5) is 0 Å². The quantitative estimate of drug-likeness (QED) is 0.661. The first-order valence-electron chi connectivity index (χ1n) is 9.78. The Bertz CT molecular complexity index is 663. The number of amides is 1. The third-order valence-electron chi connectivity index (χ3n) is 5.20. The lowest BCUT2D eigenvalue weighted by Gasteiger charge is -2.34. The monoisotopic (exact) mass is 436 g/mol. The highest BCUT2D eigenvalue weighted by Gasteiger charge is 2.22. The van der Waals surface area contributed by atoms with E-state index >= 15 is 0 Å². The zero-order valence-electron chi connectivity index (χ0n) is 16.2. The Kier molecular flexibility index (Phi) is 7.33. The molecule has 0 N–H and O–H groups in total. The maximum absolute atomic E-state index is 12.2.